The first-order valence-corrected chi connectivity index (χ1v) is 8.63. The van der Waals surface area contributed by atoms with Crippen molar-refractivity contribution >= 4 is 23.4 Å². The van der Waals surface area contributed by atoms with Crippen LogP contribution < -0.4 is 15.5 Å². The molecule has 0 bridgehead atoms. The average Bonchev–Trinajstić information content (AvgIpc) is 3.22. The van der Waals surface area contributed by atoms with Crippen molar-refractivity contribution in [1.29, 1.82) is 0 Å². The maximum Gasteiger partial charge on any atom is 0.321 e. The second-order valence-electron chi connectivity index (χ2n) is 6.67. The fraction of sp³-hybridized carbons (Fsp3) is 0.389. The highest BCUT2D eigenvalue weighted by Gasteiger charge is 2.26. The number of amides is 3. The molecule has 4 rings (SSSR count). The van der Waals surface area contributed by atoms with Crippen molar-refractivity contribution in [3.05, 3.63) is 41.6 Å². The van der Waals surface area contributed by atoms with E-state index in [0.717, 1.165) is 16.9 Å². The summed E-state index contributed by atoms with van der Waals surface area (Å²) >= 11 is 0. The second-order valence-corrected chi connectivity index (χ2v) is 6.67. The largest absolute Gasteiger partial charge is 0.336 e. The summed E-state index contributed by atoms with van der Waals surface area (Å²) in [5.74, 6) is 0.748. The molecule has 1 unspecified atom stereocenters. The molecule has 2 aromatic rings. The van der Waals surface area contributed by atoms with Crippen molar-refractivity contribution in [2.24, 2.45) is 0 Å². The molecule has 3 N–H and O–H groups in total. The molecule has 1 saturated carbocycles. The maximum absolute atomic E-state index is 12.5. The van der Waals surface area contributed by atoms with E-state index in [2.05, 4.69) is 20.8 Å². The fourth-order valence-electron chi connectivity index (χ4n) is 3.05. The van der Waals surface area contributed by atoms with Crippen LogP contribution in [0, 0.1) is 0 Å². The van der Waals surface area contributed by atoms with Crippen LogP contribution in [0.3, 0.4) is 0 Å². The Kier molecular flexibility index (Phi) is 3.91. The lowest BCUT2D eigenvalue weighted by molar-refractivity contribution is -0.117. The molecule has 25 heavy (non-hydrogen) atoms. The third-order valence-electron chi connectivity index (χ3n) is 4.82. The van der Waals surface area contributed by atoms with E-state index in [1.54, 1.807) is 4.90 Å². The zero-order valence-corrected chi connectivity index (χ0v) is 14.1. The summed E-state index contributed by atoms with van der Waals surface area (Å²) < 4.78 is 0. The Balaban J connectivity index is 1.41. The van der Waals surface area contributed by atoms with Crippen molar-refractivity contribution in [2.75, 3.05) is 23.3 Å². The Morgan fingerprint density at radius 3 is 2.72 bits per heavy atom. The van der Waals surface area contributed by atoms with Gasteiger partial charge >= 0.3 is 6.03 Å². The monoisotopic (exact) mass is 339 g/mol. The summed E-state index contributed by atoms with van der Waals surface area (Å²) in [6, 6.07) is 9.38. The summed E-state index contributed by atoms with van der Waals surface area (Å²) in [6.07, 6.45) is 2.38. The predicted octanol–water partition coefficient (Wildman–Crippen LogP) is 2.56. The van der Waals surface area contributed by atoms with Gasteiger partial charge in [0.15, 0.2) is 5.82 Å². The minimum Gasteiger partial charge on any atom is -0.336 e. The number of nitrogens with zero attached hydrogens (tertiary/aromatic N) is 2. The lowest BCUT2D eigenvalue weighted by Crippen LogP contribution is -2.27. The Morgan fingerprint density at radius 2 is 2.08 bits per heavy atom. The molecule has 130 valence electrons. The lowest BCUT2D eigenvalue weighted by Gasteiger charge is -2.16. The molecule has 7 heteroatoms. The van der Waals surface area contributed by atoms with Gasteiger partial charge in [-0.2, -0.15) is 5.10 Å². The summed E-state index contributed by atoms with van der Waals surface area (Å²) in [7, 11) is 0. The number of urea groups is 1. The highest BCUT2D eigenvalue weighted by atomic mass is 16.2. The molecule has 1 saturated heterocycles. The summed E-state index contributed by atoms with van der Waals surface area (Å²) in [6.45, 7) is 3.18. The van der Waals surface area contributed by atoms with Gasteiger partial charge in [-0.1, -0.05) is 12.1 Å². The molecule has 1 aliphatic carbocycles. The molecule has 1 atom stereocenters. The topological polar surface area (TPSA) is 90.1 Å². The zero-order chi connectivity index (χ0) is 17.4. The normalized spacial score (nSPS) is 18.1. The lowest BCUT2D eigenvalue weighted by atomic mass is 10.00. The van der Waals surface area contributed by atoms with Crippen LogP contribution in [0.2, 0.25) is 0 Å². The van der Waals surface area contributed by atoms with Crippen LogP contribution in [-0.4, -0.2) is 35.2 Å². The van der Waals surface area contributed by atoms with Gasteiger partial charge in [-0.05, 0) is 37.5 Å². The molecular weight excluding hydrogens is 318 g/mol. The van der Waals surface area contributed by atoms with Crippen LogP contribution in [0.1, 0.15) is 42.9 Å². The molecule has 2 heterocycles. The van der Waals surface area contributed by atoms with E-state index >= 15 is 0 Å². The first-order chi connectivity index (χ1) is 12.1. The maximum atomic E-state index is 12.5. The molecule has 1 aromatic carbocycles. The number of H-pyrrole nitrogens is 1. The number of aromatic nitrogens is 2. The van der Waals surface area contributed by atoms with Gasteiger partial charge in [-0.15, -0.1) is 0 Å². The van der Waals surface area contributed by atoms with Gasteiger partial charge in [-0.25, -0.2) is 4.79 Å². The van der Waals surface area contributed by atoms with E-state index in [1.165, 1.54) is 12.8 Å². The van der Waals surface area contributed by atoms with Gasteiger partial charge in [0.05, 0.1) is 5.92 Å². The molecule has 1 aromatic heterocycles. The van der Waals surface area contributed by atoms with E-state index in [-0.39, 0.29) is 17.9 Å². The standard InChI is InChI=1S/C18H21N5O2/c1-11(17(24)20-16-10-15(21-22-16)13-2-3-13)12-4-6-14(7-5-12)23-9-8-19-18(23)25/h4-7,10-11,13H,2-3,8-9H2,1H3,(H,19,25)(H2,20,21,22,24). The van der Waals surface area contributed by atoms with E-state index < -0.39 is 0 Å². The van der Waals surface area contributed by atoms with Crippen molar-refractivity contribution in [3.63, 3.8) is 0 Å². The van der Waals surface area contributed by atoms with E-state index in [1.807, 2.05) is 37.3 Å². The van der Waals surface area contributed by atoms with Crippen LogP contribution in [0.15, 0.2) is 30.3 Å². The van der Waals surface area contributed by atoms with Crippen molar-refractivity contribution < 1.29 is 9.59 Å². The van der Waals surface area contributed by atoms with Crippen LogP contribution in [-0.2, 0) is 4.79 Å². The van der Waals surface area contributed by atoms with Crippen LogP contribution in [0.5, 0.6) is 0 Å². The van der Waals surface area contributed by atoms with E-state index in [0.29, 0.717) is 24.8 Å². The Hall–Kier alpha value is -2.83. The van der Waals surface area contributed by atoms with Crippen LogP contribution in [0.4, 0.5) is 16.3 Å². The van der Waals surface area contributed by atoms with Gasteiger partial charge in [0.25, 0.3) is 0 Å². The predicted molar refractivity (Wildman–Crippen MR) is 94.8 cm³/mol. The Bertz CT molecular complexity index is 794. The molecular formula is C18H21N5O2. The van der Waals surface area contributed by atoms with E-state index in [4.69, 9.17) is 0 Å². The van der Waals surface area contributed by atoms with Gasteiger partial charge in [-0.3, -0.25) is 14.8 Å². The van der Waals surface area contributed by atoms with Crippen molar-refractivity contribution in [3.8, 4) is 0 Å². The number of anilines is 2. The highest BCUT2D eigenvalue weighted by molar-refractivity contribution is 5.96. The molecule has 2 aliphatic rings. The molecule has 1 aliphatic heterocycles. The first kappa shape index (κ1) is 15.7. The van der Waals surface area contributed by atoms with Gasteiger partial charge in [0.1, 0.15) is 0 Å². The fourth-order valence-corrected chi connectivity index (χ4v) is 3.05. The third kappa shape index (κ3) is 3.22. The summed E-state index contributed by atoms with van der Waals surface area (Å²) in [5.41, 5.74) is 2.84. The Morgan fingerprint density at radius 1 is 1.32 bits per heavy atom. The molecule has 7 nitrogen and oxygen atoms in total. The minimum absolute atomic E-state index is 0.0801. The number of rotatable bonds is 5. The number of benzene rings is 1. The smallest absolute Gasteiger partial charge is 0.321 e. The quantitative estimate of drug-likeness (QED) is 0.782. The summed E-state index contributed by atoms with van der Waals surface area (Å²) in [4.78, 5) is 25.9. The zero-order valence-electron chi connectivity index (χ0n) is 14.1. The SMILES string of the molecule is CC(C(=O)Nc1cc(C2CC2)[nH]n1)c1ccc(N2CCNC2=O)cc1. The second kappa shape index (κ2) is 6.23. The van der Waals surface area contributed by atoms with Crippen molar-refractivity contribution in [2.45, 2.75) is 31.6 Å². The number of carbonyl (C=O) groups is 2. The molecule has 0 radical (unpaired) electrons. The van der Waals surface area contributed by atoms with E-state index in [9.17, 15) is 9.59 Å². The van der Waals surface area contributed by atoms with Crippen LogP contribution >= 0.6 is 0 Å². The van der Waals surface area contributed by atoms with Crippen LogP contribution in [0.25, 0.3) is 0 Å². The number of hydrogen-bond acceptors (Lipinski definition) is 3. The highest BCUT2D eigenvalue weighted by Crippen LogP contribution is 2.39. The molecule has 3 amide bonds. The minimum atomic E-state index is -0.303. The average molecular weight is 339 g/mol. The molecule has 2 fully saturated rings. The van der Waals surface area contributed by atoms with Crippen molar-refractivity contribution in [1.82, 2.24) is 15.5 Å². The van der Waals surface area contributed by atoms with Gasteiger partial charge in [0.2, 0.25) is 5.91 Å². The van der Waals surface area contributed by atoms with Gasteiger partial charge < -0.3 is 10.6 Å². The van der Waals surface area contributed by atoms with Gasteiger partial charge in [0, 0.05) is 36.5 Å². The summed E-state index contributed by atoms with van der Waals surface area (Å²) in [5, 5.41) is 12.8. The number of nitrogens with one attached hydrogen (secondary N) is 3. The Labute approximate surface area is 145 Å². The number of aromatic amines is 1. The first-order valence-electron chi connectivity index (χ1n) is 8.63. The number of hydrogen-bond donors (Lipinski definition) is 3. The third-order valence-corrected chi connectivity index (χ3v) is 4.82. The number of carbonyl (C=O) groups excluding carboxylic acids is 2. The molecule has 0 spiro atoms.